The number of rotatable bonds is 3. The van der Waals surface area contributed by atoms with E-state index in [4.69, 9.17) is 0 Å². The van der Waals surface area contributed by atoms with Crippen LogP contribution in [-0.4, -0.2) is 12.7 Å². The Morgan fingerprint density at radius 3 is 1.48 bits per heavy atom. The van der Waals surface area contributed by atoms with Gasteiger partial charge in [-0.3, -0.25) is 0 Å². The Morgan fingerprint density at radius 2 is 1.14 bits per heavy atom. The zero-order valence-corrected chi connectivity index (χ0v) is 10.0. The number of alkyl halides is 9. The molecule has 10 heteroatoms. The second kappa shape index (κ2) is 5.74. The first-order chi connectivity index (χ1) is 9.29. The van der Waals surface area contributed by atoms with Crippen molar-refractivity contribution in [1.82, 2.24) is 5.32 Å². The lowest BCUT2D eigenvalue weighted by Gasteiger charge is -2.15. The number of hydrogen-bond donors (Lipinski definition) is 1. The molecule has 1 aromatic carbocycles. The molecule has 21 heavy (non-hydrogen) atoms. The molecule has 0 saturated carbocycles. The molecule has 0 heterocycles. The molecule has 0 bridgehead atoms. The van der Waals surface area contributed by atoms with E-state index in [1.165, 1.54) is 0 Å². The fourth-order valence-electron chi connectivity index (χ4n) is 1.47. The molecule has 120 valence electrons. The first kappa shape index (κ1) is 17.6. The molecule has 0 aliphatic heterocycles. The van der Waals surface area contributed by atoms with Crippen molar-refractivity contribution in [1.29, 1.82) is 0 Å². The van der Waals surface area contributed by atoms with Gasteiger partial charge in [0.1, 0.15) is 0 Å². The molecule has 0 unspecified atom stereocenters. The van der Waals surface area contributed by atoms with Crippen LogP contribution in [0.4, 0.5) is 39.5 Å². The number of benzene rings is 1. The molecule has 1 nitrogen and oxygen atoms in total. The zero-order chi connectivity index (χ0) is 16.5. The van der Waals surface area contributed by atoms with Crippen LogP contribution in [0.1, 0.15) is 16.7 Å². The molecule has 0 atom stereocenters. The van der Waals surface area contributed by atoms with Crippen molar-refractivity contribution in [2.45, 2.75) is 25.1 Å². The second-order valence-corrected chi connectivity index (χ2v) is 4.13. The Kier molecular flexibility index (Phi) is 4.81. The van der Waals surface area contributed by atoms with Gasteiger partial charge in [-0.05, 0) is 23.8 Å². The normalized spacial score (nSPS) is 13.6. The molecule has 0 saturated heterocycles. The van der Waals surface area contributed by atoms with Crippen LogP contribution in [0.3, 0.4) is 0 Å². The Bertz CT molecular complexity index is 452. The lowest BCUT2D eigenvalue weighted by molar-refractivity contribution is -0.143. The number of hydrogen-bond acceptors (Lipinski definition) is 1. The lowest BCUT2D eigenvalue weighted by Crippen LogP contribution is -2.28. The van der Waals surface area contributed by atoms with Gasteiger partial charge in [-0.25, -0.2) is 0 Å². The maximum absolute atomic E-state index is 12.5. The third kappa shape index (κ3) is 5.82. The largest absolute Gasteiger partial charge is 0.416 e. The van der Waals surface area contributed by atoms with Gasteiger partial charge in [-0.15, -0.1) is 0 Å². The van der Waals surface area contributed by atoms with Crippen molar-refractivity contribution in [3.05, 3.63) is 34.9 Å². The molecule has 0 amide bonds. The molecular weight excluding hydrogens is 317 g/mol. The fourth-order valence-corrected chi connectivity index (χ4v) is 1.47. The zero-order valence-electron chi connectivity index (χ0n) is 10.0. The summed E-state index contributed by atoms with van der Waals surface area (Å²) in [5.74, 6) is 0. The summed E-state index contributed by atoms with van der Waals surface area (Å²) in [4.78, 5) is 0. The van der Waals surface area contributed by atoms with Gasteiger partial charge in [0.25, 0.3) is 0 Å². The minimum atomic E-state index is -5.03. The SMILES string of the molecule is FC(F)(F)CNCc1cc(C(F)(F)F)cc(C(F)(F)F)c1. The minimum Gasteiger partial charge on any atom is -0.305 e. The van der Waals surface area contributed by atoms with Gasteiger partial charge in [0.05, 0.1) is 17.7 Å². The Labute approximate surface area is 112 Å². The van der Waals surface area contributed by atoms with Crippen LogP contribution in [0.25, 0.3) is 0 Å². The Hall–Kier alpha value is -1.45. The van der Waals surface area contributed by atoms with Crippen LogP contribution in [0.5, 0.6) is 0 Å². The van der Waals surface area contributed by atoms with Gasteiger partial charge in [0, 0.05) is 6.54 Å². The fraction of sp³-hybridized carbons (Fsp3) is 0.455. The molecule has 1 rings (SSSR count). The van der Waals surface area contributed by atoms with E-state index in [9.17, 15) is 39.5 Å². The van der Waals surface area contributed by atoms with Crippen LogP contribution in [0, 0.1) is 0 Å². The summed E-state index contributed by atoms with van der Waals surface area (Å²) in [6.45, 7) is -2.29. The van der Waals surface area contributed by atoms with Gasteiger partial charge >= 0.3 is 18.5 Å². The molecule has 0 fully saturated rings. The van der Waals surface area contributed by atoms with Crippen molar-refractivity contribution < 1.29 is 39.5 Å². The summed E-state index contributed by atoms with van der Waals surface area (Å²) >= 11 is 0. The molecule has 0 spiro atoms. The van der Waals surface area contributed by atoms with Crippen LogP contribution in [0.2, 0.25) is 0 Å². The standard InChI is InChI=1S/C11H8F9N/c12-9(13,14)5-21-4-6-1-7(10(15,16)17)3-8(2-6)11(18,19)20/h1-3,21H,4-5H2. The first-order valence-corrected chi connectivity index (χ1v) is 5.35. The Morgan fingerprint density at radius 1 is 0.714 bits per heavy atom. The van der Waals surface area contributed by atoms with E-state index in [1.54, 1.807) is 5.32 Å². The highest BCUT2D eigenvalue weighted by Crippen LogP contribution is 2.36. The molecule has 0 aliphatic rings. The van der Waals surface area contributed by atoms with Gasteiger partial charge in [0.2, 0.25) is 0 Å². The van der Waals surface area contributed by atoms with E-state index in [2.05, 4.69) is 0 Å². The molecule has 1 N–H and O–H groups in total. The van der Waals surface area contributed by atoms with Gasteiger partial charge in [-0.1, -0.05) is 0 Å². The number of halogens is 9. The smallest absolute Gasteiger partial charge is 0.305 e. The van der Waals surface area contributed by atoms with Crippen molar-refractivity contribution >= 4 is 0 Å². The highest BCUT2D eigenvalue weighted by molar-refractivity contribution is 5.33. The predicted octanol–water partition coefficient (Wildman–Crippen LogP) is 4.38. The Balaban J connectivity index is 3.03. The summed E-state index contributed by atoms with van der Waals surface area (Å²) in [5.41, 5.74) is -3.68. The van der Waals surface area contributed by atoms with Crippen LogP contribution in [-0.2, 0) is 18.9 Å². The van der Waals surface area contributed by atoms with E-state index < -0.39 is 48.3 Å². The highest BCUT2D eigenvalue weighted by Gasteiger charge is 2.37. The van der Waals surface area contributed by atoms with E-state index in [0.29, 0.717) is 12.1 Å². The summed E-state index contributed by atoms with van der Waals surface area (Å²) in [7, 11) is 0. The first-order valence-electron chi connectivity index (χ1n) is 5.35. The van der Waals surface area contributed by atoms with E-state index in [1.807, 2.05) is 0 Å². The van der Waals surface area contributed by atoms with Crippen LogP contribution in [0.15, 0.2) is 18.2 Å². The maximum atomic E-state index is 12.5. The maximum Gasteiger partial charge on any atom is 0.416 e. The summed E-state index contributed by atoms with van der Waals surface area (Å²) in [6, 6.07) is 0.657. The highest BCUT2D eigenvalue weighted by atomic mass is 19.4. The van der Waals surface area contributed by atoms with Crippen molar-refractivity contribution in [3.8, 4) is 0 Å². The van der Waals surface area contributed by atoms with E-state index >= 15 is 0 Å². The van der Waals surface area contributed by atoms with Crippen molar-refractivity contribution in [2.75, 3.05) is 6.54 Å². The predicted molar refractivity (Wildman–Crippen MR) is 54.2 cm³/mol. The average molecular weight is 325 g/mol. The molecule has 0 aromatic heterocycles. The minimum absolute atomic E-state index is 0.0900. The monoisotopic (exact) mass is 325 g/mol. The van der Waals surface area contributed by atoms with Crippen LogP contribution < -0.4 is 5.32 Å². The second-order valence-electron chi connectivity index (χ2n) is 4.13. The van der Waals surface area contributed by atoms with Gasteiger partial charge in [-0.2, -0.15) is 39.5 Å². The van der Waals surface area contributed by atoms with Crippen molar-refractivity contribution in [3.63, 3.8) is 0 Å². The third-order valence-corrected chi connectivity index (χ3v) is 2.30. The molecule has 0 aliphatic carbocycles. The molecule has 1 aromatic rings. The van der Waals surface area contributed by atoms with E-state index in [0.717, 1.165) is 0 Å². The van der Waals surface area contributed by atoms with Gasteiger partial charge in [0.15, 0.2) is 0 Å². The quantitative estimate of drug-likeness (QED) is 0.814. The summed E-state index contributed by atoms with van der Waals surface area (Å²) in [5, 5.41) is 1.74. The molecular formula is C11H8F9N. The van der Waals surface area contributed by atoms with E-state index in [-0.39, 0.29) is 6.07 Å². The third-order valence-electron chi connectivity index (χ3n) is 2.30. The topological polar surface area (TPSA) is 12.0 Å². The molecule has 0 radical (unpaired) electrons. The van der Waals surface area contributed by atoms with Crippen molar-refractivity contribution in [2.24, 2.45) is 0 Å². The average Bonchev–Trinajstić information content (AvgIpc) is 2.24. The lowest BCUT2D eigenvalue weighted by atomic mass is 10.0. The van der Waals surface area contributed by atoms with Crippen LogP contribution >= 0.6 is 0 Å². The van der Waals surface area contributed by atoms with Gasteiger partial charge < -0.3 is 5.32 Å². The summed E-state index contributed by atoms with van der Waals surface area (Å²) in [6.07, 6.45) is -14.7. The summed E-state index contributed by atoms with van der Waals surface area (Å²) < 4.78 is 110. The number of nitrogens with one attached hydrogen (secondary N) is 1.